The molecule has 2 aliphatic rings. The van der Waals surface area contributed by atoms with E-state index in [4.69, 9.17) is 4.74 Å². The SMILES string of the molecule is CN=C(NCCNS(=O)(=O)c1ccccc1)N1CCC(N2CCOCC2)C1.I. The molecular formula is C18H30IN5O3S. The molecule has 2 fully saturated rings. The van der Waals surface area contributed by atoms with Crippen LogP contribution in [0.4, 0.5) is 0 Å². The molecule has 28 heavy (non-hydrogen) atoms. The standard InChI is InChI=1S/C18H29N5O3S.HI/c1-19-18(23-10-7-16(15-23)22-11-13-26-14-12-22)20-8-9-21-27(24,25)17-5-3-2-4-6-17;/h2-6,16,21H,7-15H2,1H3,(H,19,20);1H. The van der Waals surface area contributed by atoms with Crippen LogP contribution in [0.1, 0.15) is 6.42 Å². The van der Waals surface area contributed by atoms with Crippen LogP contribution in [-0.4, -0.2) is 89.7 Å². The summed E-state index contributed by atoms with van der Waals surface area (Å²) in [5.74, 6) is 0.824. The molecule has 0 aliphatic carbocycles. The van der Waals surface area contributed by atoms with Crippen molar-refractivity contribution in [2.45, 2.75) is 17.4 Å². The van der Waals surface area contributed by atoms with Crippen molar-refractivity contribution in [1.82, 2.24) is 19.8 Å². The molecule has 2 aliphatic heterocycles. The lowest BCUT2D eigenvalue weighted by Crippen LogP contribution is -2.47. The molecule has 1 aromatic carbocycles. The average molecular weight is 523 g/mol. The van der Waals surface area contributed by atoms with Crippen LogP contribution in [-0.2, 0) is 14.8 Å². The van der Waals surface area contributed by atoms with Crippen LogP contribution in [0.25, 0.3) is 0 Å². The maximum Gasteiger partial charge on any atom is 0.240 e. The molecule has 1 aromatic rings. The van der Waals surface area contributed by atoms with Crippen LogP contribution in [0.2, 0.25) is 0 Å². The van der Waals surface area contributed by atoms with Gasteiger partial charge in [-0.15, -0.1) is 24.0 Å². The van der Waals surface area contributed by atoms with E-state index < -0.39 is 10.0 Å². The van der Waals surface area contributed by atoms with Crippen LogP contribution in [0, 0.1) is 0 Å². The van der Waals surface area contributed by atoms with Gasteiger partial charge in [-0.3, -0.25) is 9.89 Å². The molecule has 2 saturated heterocycles. The van der Waals surface area contributed by atoms with Crippen molar-refractivity contribution in [3.05, 3.63) is 30.3 Å². The number of nitrogens with zero attached hydrogens (tertiary/aromatic N) is 3. The van der Waals surface area contributed by atoms with Gasteiger partial charge >= 0.3 is 0 Å². The highest BCUT2D eigenvalue weighted by Crippen LogP contribution is 2.17. The summed E-state index contributed by atoms with van der Waals surface area (Å²) in [4.78, 5) is 9.37. The maximum atomic E-state index is 12.2. The third-order valence-corrected chi connectivity index (χ3v) is 6.47. The van der Waals surface area contributed by atoms with Gasteiger partial charge in [0.25, 0.3) is 0 Å². The van der Waals surface area contributed by atoms with Crippen molar-refractivity contribution in [3.63, 3.8) is 0 Å². The summed E-state index contributed by atoms with van der Waals surface area (Å²) in [6.07, 6.45) is 1.11. The summed E-state index contributed by atoms with van der Waals surface area (Å²) in [5.41, 5.74) is 0. The largest absolute Gasteiger partial charge is 0.379 e. The van der Waals surface area contributed by atoms with Gasteiger partial charge in [-0.1, -0.05) is 18.2 Å². The van der Waals surface area contributed by atoms with E-state index in [2.05, 4.69) is 24.8 Å². The van der Waals surface area contributed by atoms with Crippen LogP contribution in [0.5, 0.6) is 0 Å². The summed E-state index contributed by atoms with van der Waals surface area (Å²) in [5, 5.41) is 3.26. The predicted molar refractivity (Wildman–Crippen MR) is 121 cm³/mol. The van der Waals surface area contributed by atoms with E-state index in [1.165, 1.54) is 0 Å². The topological polar surface area (TPSA) is 86.3 Å². The maximum absolute atomic E-state index is 12.2. The minimum atomic E-state index is -3.47. The zero-order valence-corrected chi connectivity index (χ0v) is 19.4. The first-order chi connectivity index (χ1) is 13.1. The Morgan fingerprint density at radius 3 is 2.57 bits per heavy atom. The number of nitrogens with one attached hydrogen (secondary N) is 2. The minimum Gasteiger partial charge on any atom is -0.379 e. The first-order valence-electron chi connectivity index (χ1n) is 9.42. The Bertz CT molecular complexity index is 726. The van der Waals surface area contributed by atoms with Crippen LogP contribution in [0.15, 0.2) is 40.2 Å². The number of sulfonamides is 1. The third kappa shape index (κ3) is 6.28. The molecule has 158 valence electrons. The number of rotatable bonds is 6. The number of morpholine rings is 1. The van der Waals surface area contributed by atoms with Crippen LogP contribution in [0.3, 0.4) is 0 Å². The Hall–Kier alpha value is -0.950. The van der Waals surface area contributed by atoms with E-state index in [1.807, 2.05) is 0 Å². The Balaban J connectivity index is 0.00000280. The van der Waals surface area contributed by atoms with E-state index >= 15 is 0 Å². The Kier molecular flexibility index (Phi) is 9.41. The highest BCUT2D eigenvalue weighted by molar-refractivity contribution is 14.0. The monoisotopic (exact) mass is 523 g/mol. The number of hydrogen-bond donors (Lipinski definition) is 2. The lowest BCUT2D eigenvalue weighted by molar-refractivity contribution is 0.0195. The van der Waals surface area contributed by atoms with Crippen molar-refractivity contribution >= 4 is 40.0 Å². The number of guanidine groups is 1. The third-order valence-electron chi connectivity index (χ3n) is 4.99. The fourth-order valence-electron chi connectivity index (χ4n) is 3.55. The predicted octanol–water partition coefficient (Wildman–Crippen LogP) is 0.565. The Morgan fingerprint density at radius 1 is 1.18 bits per heavy atom. The number of hydrogen-bond acceptors (Lipinski definition) is 5. The van der Waals surface area contributed by atoms with Gasteiger partial charge in [0.15, 0.2) is 5.96 Å². The van der Waals surface area contributed by atoms with Crippen LogP contribution >= 0.6 is 24.0 Å². The quantitative estimate of drug-likeness (QED) is 0.246. The Morgan fingerprint density at radius 2 is 1.89 bits per heavy atom. The van der Waals surface area contributed by atoms with Gasteiger partial charge in [0.2, 0.25) is 10.0 Å². The number of aliphatic imine (C=N–C) groups is 1. The highest BCUT2D eigenvalue weighted by Gasteiger charge is 2.30. The molecule has 0 spiro atoms. The summed E-state index contributed by atoms with van der Waals surface area (Å²) in [7, 11) is -1.71. The molecule has 0 amide bonds. The molecular weight excluding hydrogens is 493 g/mol. The van der Waals surface area contributed by atoms with Gasteiger partial charge in [0.05, 0.1) is 18.1 Å². The number of ether oxygens (including phenoxy) is 1. The average Bonchev–Trinajstić information content (AvgIpc) is 3.19. The molecule has 0 bridgehead atoms. The fraction of sp³-hybridized carbons (Fsp3) is 0.611. The molecule has 0 saturated carbocycles. The molecule has 1 atom stereocenters. The van der Waals surface area contributed by atoms with Crippen molar-refractivity contribution < 1.29 is 13.2 Å². The molecule has 8 nitrogen and oxygen atoms in total. The lowest BCUT2D eigenvalue weighted by Gasteiger charge is -2.32. The van der Waals surface area contributed by atoms with Crippen molar-refractivity contribution in [3.8, 4) is 0 Å². The van der Waals surface area contributed by atoms with E-state index in [1.54, 1.807) is 37.4 Å². The smallest absolute Gasteiger partial charge is 0.240 e. The second-order valence-corrected chi connectivity index (χ2v) is 8.49. The molecule has 3 rings (SSSR count). The molecule has 2 N–H and O–H groups in total. The molecule has 0 aromatic heterocycles. The van der Waals surface area contributed by atoms with E-state index in [-0.39, 0.29) is 28.9 Å². The fourth-order valence-corrected chi connectivity index (χ4v) is 4.60. The zero-order valence-electron chi connectivity index (χ0n) is 16.2. The Labute approximate surface area is 184 Å². The van der Waals surface area contributed by atoms with Gasteiger partial charge in [-0.05, 0) is 18.6 Å². The summed E-state index contributed by atoms with van der Waals surface area (Å²) in [6.45, 7) is 6.29. The van der Waals surface area contributed by atoms with Gasteiger partial charge in [0.1, 0.15) is 0 Å². The van der Waals surface area contributed by atoms with Gasteiger partial charge in [0, 0.05) is 52.4 Å². The number of benzene rings is 1. The van der Waals surface area contributed by atoms with E-state index in [0.29, 0.717) is 19.1 Å². The zero-order chi connectivity index (χ0) is 19.1. The minimum absolute atomic E-state index is 0. The second kappa shape index (κ2) is 11.3. The lowest BCUT2D eigenvalue weighted by atomic mass is 10.2. The number of likely N-dealkylation sites (tertiary alicyclic amines) is 1. The van der Waals surface area contributed by atoms with Crippen molar-refractivity contribution in [2.24, 2.45) is 4.99 Å². The van der Waals surface area contributed by atoms with Gasteiger partial charge < -0.3 is 15.0 Å². The first kappa shape index (κ1) is 23.3. The molecule has 10 heteroatoms. The molecule has 1 unspecified atom stereocenters. The van der Waals surface area contributed by atoms with E-state index in [9.17, 15) is 8.42 Å². The molecule has 0 radical (unpaired) electrons. The molecule has 2 heterocycles. The van der Waals surface area contributed by atoms with Crippen molar-refractivity contribution in [1.29, 1.82) is 0 Å². The van der Waals surface area contributed by atoms with Gasteiger partial charge in [-0.25, -0.2) is 13.1 Å². The number of halogens is 1. The highest BCUT2D eigenvalue weighted by atomic mass is 127. The summed E-state index contributed by atoms with van der Waals surface area (Å²) < 4.78 is 32.5. The second-order valence-electron chi connectivity index (χ2n) is 6.72. The van der Waals surface area contributed by atoms with Crippen LogP contribution < -0.4 is 10.0 Å². The first-order valence-corrected chi connectivity index (χ1v) is 10.9. The van der Waals surface area contributed by atoms with Crippen molar-refractivity contribution in [2.75, 3.05) is 59.5 Å². The normalized spacial score (nSPS) is 21.4. The van der Waals surface area contributed by atoms with Gasteiger partial charge in [-0.2, -0.15) is 0 Å². The summed E-state index contributed by atoms with van der Waals surface area (Å²) >= 11 is 0. The van der Waals surface area contributed by atoms with E-state index in [0.717, 1.165) is 51.8 Å². The summed E-state index contributed by atoms with van der Waals surface area (Å²) in [6, 6.07) is 8.93.